The highest BCUT2D eigenvalue weighted by Crippen LogP contribution is 2.39. The normalized spacial score (nSPS) is 16.3. The molecule has 0 bridgehead atoms. The highest BCUT2D eigenvalue weighted by molar-refractivity contribution is 5.81. The van der Waals surface area contributed by atoms with E-state index in [0.717, 1.165) is 36.8 Å². The van der Waals surface area contributed by atoms with Gasteiger partial charge in [0.15, 0.2) is 0 Å². The zero-order chi connectivity index (χ0) is 20.4. The van der Waals surface area contributed by atoms with Crippen molar-refractivity contribution in [2.75, 3.05) is 0 Å². The number of aliphatic carboxylic acids is 2. The van der Waals surface area contributed by atoms with E-state index in [4.69, 9.17) is 10.8 Å². The molecule has 150 valence electrons. The molecule has 1 aliphatic rings. The average Bonchev–Trinajstić information content (AvgIpc) is 2.74. The maximum Gasteiger partial charge on any atom is 0.320 e. The SMILES string of the molecule is NC(CCc1ccccc1)C(=O)O.O=C(O)C1(c2ccccc2)CCCCC1. The van der Waals surface area contributed by atoms with Crippen LogP contribution in [0.1, 0.15) is 49.7 Å². The van der Waals surface area contributed by atoms with Crippen LogP contribution < -0.4 is 5.73 Å². The van der Waals surface area contributed by atoms with Crippen molar-refractivity contribution in [3.63, 3.8) is 0 Å². The lowest BCUT2D eigenvalue weighted by atomic mass is 9.69. The molecule has 0 aliphatic heterocycles. The van der Waals surface area contributed by atoms with Gasteiger partial charge in [-0.05, 0) is 36.8 Å². The number of carbonyl (C=O) groups is 2. The van der Waals surface area contributed by atoms with Crippen molar-refractivity contribution in [3.8, 4) is 0 Å². The third-order valence-electron chi connectivity index (χ3n) is 5.35. The number of hydrogen-bond acceptors (Lipinski definition) is 3. The summed E-state index contributed by atoms with van der Waals surface area (Å²) in [5.74, 6) is -1.59. The molecular weight excluding hydrogens is 354 g/mol. The van der Waals surface area contributed by atoms with Gasteiger partial charge in [0.2, 0.25) is 0 Å². The van der Waals surface area contributed by atoms with Gasteiger partial charge in [0.1, 0.15) is 6.04 Å². The standard InChI is InChI=1S/C13H16O2.C10H13NO2/c14-12(15)13(9-5-2-6-10-13)11-7-3-1-4-8-11;11-9(10(12)13)7-6-8-4-2-1-3-5-8/h1,3-4,7-8H,2,5-6,9-10H2,(H,14,15);1-5,9H,6-7,11H2,(H,12,13). The Balaban J connectivity index is 0.000000203. The van der Waals surface area contributed by atoms with Crippen LogP contribution in [0.4, 0.5) is 0 Å². The van der Waals surface area contributed by atoms with E-state index in [1.54, 1.807) is 0 Å². The van der Waals surface area contributed by atoms with Gasteiger partial charge in [-0.25, -0.2) is 0 Å². The minimum Gasteiger partial charge on any atom is -0.481 e. The molecule has 0 aromatic heterocycles. The molecule has 0 heterocycles. The Morgan fingerprint density at radius 2 is 1.43 bits per heavy atom. The second-order valence-electron chi connectivity index (χ2n) is 7.28. The first kappa shape index (κ1) is 21.6. The first-order chi connectivity index (χ1) is 13.5. The topological polar surface area (TPSA) is 101 Å². The van der Waals surface area contributed by atoms with Gasteiger partial charge in [-0.2, -0.15) is 0 Å². The van der Waals surface area contributed by atoms with Crippen LogP contribution in [-0.4, -0.2) is 28.2 Å². The Hall–Kier alpha value is -2.66. The summed E-state index contributed by atoms with van der Waals surface area (Å²) in [7, 11) is 0. The molecule has 1 aliphatic carbocycles. The first-order valence-electron chi connectivity index (χ1n) is 9.77. The van der Waals surface area contributed by atoms with E-state index in [1.807, 2.05) is 60.7 Å². The molecule has 5 nitrogen and oxygen atoms in total. The van der Waals surface area contributed by atoms with Gasteiger partial charge in [-0.3, -0.25) is 9.59 Å². The molecule has 1 unspecified atom stereocenters. The molecule has 1 fully saturated rings. The minimum absolute atomic E-state index is 0.485. The van der Waals surface area contributed by atoms with Crippen LogP contribution in [0.15, 0.2) is 60.7 Å². The molecule has 2 aromatic rings. The molecule has 28 heavy (non-hydrogen) atoms. The first-order valence-corrected chi connectivity index (χ1v) is 9.77. The summed E-state index contributed by atoms with van der Waals surface area (Å²) in [6, 6.07) is 18.7. The Morgan fingerprint density at radius 3 is 1.93 bits per heavy atom. The largest absolute Gasteiger partial charge is 0.481 e. The zero-order valence-electron chi connectivity index (χ0n) is 16.1. The van der Waals surface area contributed by atoms with Gasteiger partial charge in [0, 0.05) is 0 Å². The van der Waals surface area contributed by atoms with Gasteiger partial charge >= 0.3 is 11.9 Å². The zero-order valence-corrected chi connectivity index (χ0v) is 16.1. The van der Waals surface area contributed by atoms with E-state index in [9.17, 15) is 14.7 Å². The average molecular weight is 383 g/mol. The second kappa shape index (κ2) is 10.6. The van der Waals surface area contributed by atoms with Gasteiger partial charge in [0.25, 0.3) is 0 Å². The Bertz CT molecular complexity index is 740. The van der Waals surface area contributed by atoms with Crippen LogP contribution in [0.5, 0.6) is 0 Å². The van der Waals surface area contributed by atoms with Crippen LogP contribution in [0, 0.1) is 0 Å². The lowest BCUT2D eigenvalue weighted by Crippen LogP contribution is -2.37. The van der Waals surface area contributed by atoms with Crippen molar-refractivity contribution in [2.24, 2.45) is 5.73 Å². The molecule has 0 radical (unpaired) electrons. The summed E-state index contributed by atoms with van der Waals surface area (Å²) >= 11 is 0. The molecule has 3 rings (SSSR count). The third-order valence-corrected chi connectivity index (χ3v) is 5.35. The quantitative estimate of drug-likeness (QED) is 0.700. The van der Waals surface area contributed by atoms with Gasteiger partial charge in [-0.15, -0.1) is 0 Å². The minimum atomic E-state index is -0.934. The second-order valence-corrected chi connectivity index (χ2v) is 7.28. The smallest absolute Gasteiger partial charge is 0.320 e. The fourth-order valence-electron chi connectivity index (χ4n) is 3.63. The number of aryl methyl sites for hydroxylation is 1. The molecule has 5 heteroatoms. The molecule has 0 saturated heterocycles. The monoisotopic (exact) mass is 383 g/mol. The van der Waals surface area contributed by atoms with Gasteiger partial charge < -0.3 is 15.9 Å². The van der Waals surface area contributed by atoms with E-state index in [-0.39, 0.29) is 0 Å². The summed E-state index contributed by atoms with van der Waals surface area (Å²) < 4.78 is 0. The number of carboxylic acid groups (broad SMARTS) is 2. The summed E-state index contributed by atoms with van der Waals surface area (Å²) in [5.41, 5.74) is 6.85. The lowest BCUT2D eigenvalue weighted by molar-refractivity contribution is -0.145. The third kappa shape index (κ3) is 5.92. The van der Waals surface area contributed by atoms with Crippen molar-refractivity contribution in [1.29, 1.82) is 0 Å². The number of carboxylic acids is 2. The maximum atomic E-state index is 11.5. The van der Waals surface area contributed by atoms with Crippen LogP contribution >= 0.6 is 0 Å². The van der Waals surface area contributed by atoms with Crippen LogP contribution in [0.3, 0.4) is 0 Å². The van der Waals surface area contributed by atoms with Crippen molar-refractivity contribution in [2.45, 2.75) is 56.4 Å². The van der Waals surface area contributed by atoms with Gasteiger partial charge in [-0.1, -0.05) is 79.9 Å². The number of hydrogen-bond donors (Lipinski definition) is 3. The van der Waals surface area contributed by atoms with E-state index < -0.39 is 23.4 Å². The van der Waals surface area contributed by atoms with E-state index in [2.05, 4.69) is 0 Å². The highest BCUT2D eigenvalue weighted by Gasteiger charge is 2.40. The van der Waals surface area contributed by atoms with Gasteiger partial charge in [0.05, 0.1) is 5.41 Å². The molecule has 0 spiro atoms. The fourth-order valence-corrected chi connectivity index (χ4v) is 3.63. The van der Waals surface area contributed by atoms with Crippen LogP contribution in [-0.2, 0) is 21.4 Å². The lowest BCUT2D eigenvalue weighted by Gasteiger charge is -2.33. The fraction of sp³-hybridized carbons (Fsp3) is 0.391. The predicted molar refractivity (Wildman–Crippen MR) is 109 cm³/mol. The summed E-state index contributed by atoms with van der Waals surface area (Å²) in [4.78, 5) is 21.9. The molecular formula is C23H29NO4. The molecule has 1 atom stereocenters. The molecule has 4 N–H and O–H groups in total. The van der Waals surface area contributed by atoms with E-state index in [0.29, 0.717) is 12.8 Å². The molecule has 1 saturated carbocycles. The van der Waals surface area contributed by atoms with Crippen LogP contribution in [0.25, 0.3) is 0 Å². The Kier molecular flexibility index (Phi) is 8.20. The Morgan fingerprint density at radius 1 is 0.893 bits per heavy atom. The summed E-state index contributed by atoms with van der Waals surface area (Å²) in [5, 5.41) is 18.0. The maximum absolute atomic E-state index is 11.5. The highest BCUT2D eigenvalue weighted by atomic mass is 16.4. The van der Waals surface area contributed by atoms with E-state index >= 15 is 0 Å². The summed E-state index contributed by atoms with van der Waals surface area (Å²) in [6.07, 6.45) is 6.00. The molecule has 2 aromatic carbocycles. The molecule has 0 amide bonds. The number of rotatable bonds is 6. The van der Waals surface area contributed by atoms with Crippen LogP contribution in [0.2, 0.25) is 0 Å². The van der Waals surface area contributed by atoms with E-state index in [1.165, 1.54) is 6.42 Å². The van der Waals surface area contributed by atoms with Crippen molar-refractivity contribution in [1.82, 2.24) is 0 Å². The van der Waals surface area contributed by atoms with Crippen molar-refractivity contribution < 1.29 is 19.8 Å². The number of nitrogens with two attached hydrogens (primary N) is 1. The summed E-state index contributed by atoms with van der Waals surface area (Å²) in [6.45, 7) is 0. The Labute approximate surface area is 166 Å². The predicted octanol–water partition coefficient (Wildman–Crippen LogP) is 4.00. The van der Waals surface area contributed by atoms with Crippen molar-refractivity contribution in [3.05, 3.63) is 71.8 Å². The number of benzene rings is 2. The van der Waals surface area contributed by atoms with Crippen molar-refractivity contribution >= 4 is 11.9 Å².